The van der Waals surface area contributed by atoms with Crippen LogP contribution >= 0.6 is 34.5 Å². The minimum atomic E-state index is -0.495. The largest absolute Gasteiger partial charge is 0.309 e. The van der Waals surface area contributed by atoms with E-state index in [2.05, 4.69) is 9.97 Å². The van der Waals surface area contributed by atoms with Crippen LogP contribution in [0.3, 0.4) is 0 Å². The summed E-state index contributed by atoms with van der Waals surface area (Å²) in [6.07, 6.45) is 0. The third kappa shape index (κ3) is 2.57. The summed E-state index contributed by atoms with van der Waals surface area (Å²) in [5, 5.41) is 1.90. The fourth-order valence-electron chi connectivity index (χ4n) is 2.03. The van der Waals surface area contributed by atoms with E-state index in [1.807, 2.05) is 0 Å². The van der Waals surface area contributed by atoms with E-state index >= 15 is 0 Å². The van der Waals surface area contributed by atoms with E-state index in [1.165, 1.54) is 23.5 Å². The second-order valence-electron chi connectivity index (χ2n) is 4.53. The van der Waals surface area contributed by atoms with Gasteiger partial charge < -0.3 is 4.98 Å². The fraction of sp³-hybridized carbons (Fsp3) is 0.143. The fourth-order valence-corrected chi connectivity index (χ4v) is 3.27. The van der Waals surface area contributed by atoms with Gasteiger partial charge in [0.15, 0.2) is 0 Å². The monoisotopic (exact) mass is 342 g/mol. The van der Waals surface area contributed by atoms with Crippen LogP contribution < -0.4 is 5.56 Å². The lowest BCUT2D eigenvalue weighted by Gasteiger charge is -2.04. The second kappa shape index (κ2) is 5.40. The molecule has 0 saturated carbocycles. The van der Waals surface area contributed by atoms with Crippen molar-refractivity contribution in [3.8, 4) is 11.1 Å². The molecule has 21 heavy (non-hydrogen) atoms. The highest BCUT2D eigenvalue weighted by molar-refractivity contribution is 7.17. The molecular formula is C14H9Cl2FN2OS. The number of aromatic nitrogens is 2. The highest BCUT2D eigenvalue weighted by Crippen LogP contribution is 2.33. The van der Waals surface area contributed by atoms with Crippen LogP contribution in [0, 0.1) is 5.82 Å². The quantitative estimate of drug-likeness (QED) is 0.683. The van der Waals surface area contributed by atoms with Gasteiger partial charge in [-0.2, -0.15) is 0 Å². The number of rotatable bonds is 2. The topological polar surface area (TPSA) is 45.8 Å². The van der Waals surface area contributed by atoms with E-state index in [4.69, 9.17) is 23.2 Å². The summed E-state index contributed by atoms with van der Waals surface area (Å²) < 4.78 is 13.3. The number of H-pyrrole nitrogens is 1. The summed E-state index contributed by atoms with van der Waals surface area (Å²) in [5.41, 5.74) is 1.09. The van der Waals surface area contributed by atoms with Crippen LogP contribution in [0.15, 0.2) is 28.4 Å². The summed E-state index contributed by atoms with van der Waals surface area (Å²) in [4.78, 5) is 19.9. The van der Waals surface area contributed by atoms with Gasteiger partial charge in [0.25, 0.3) is 5.56 Å². The number of benzene rings is 1. The maximum Gasteiger partial charge on any atom is 0.260 e. The van der Waals surface area contributed by atoms with Crippen LogP contribution in [0.5, 0.6) is 0 Å². The molecule has 1 aromatic carbocycles. The van der Waals surface area contributed by atoms with E-state index in [-0.39, 0.29) is 16.0 Å². The number of hydrogen-bond acceptors (Lipinski definition) is 3. The Bertz CT molecular complexity index is 888. The van der Waals surface area contributed by atoms with Crippen LogP contribution in [0.25, 0.3) is 21.3 Å². The first-order valence-electron chi connectivity index (χ1n) is 6.08. The Labute approximate surface area is 133 Å². The number of aromatic amines is 1. The Morgan fingerprint density at radius 3 is 2.86 bits per heavy atom. The first-order valence-corrected chi connectivity index (χ1v) is 7.77. The summed E-state index contributed by atoms with van der Waals surface area (Å²) in [6, 6.07) is 4.36. The molecule has 0 aliphatic carbocycles. The van der Waals surface area contributed by atoms with Gasteiger partial charge in [0, 0.05) is 10.9 Å². The van der Waals surface area contributed by atoms with Crippen LogP contribution in [-0.2, 0) is 0 Å². The number of nitrogens with zero attached hydrogens (tertiary/aromatic N) is 1. The molecule has 1 N–H and O–H groups in total. The summed E-state index contributed by atoms with van der Waals surface area (Å²) in [5.74, 6) is -0.0649. The molecule has 7 heteroatoms. The van der Waals surface area contributed by atoms with Crippen molar-refractivity contribution in [2.75, 3.05) is 0 Å². The molecule has 0 radical (unpaired) electrons. The van der Waals surface area contributed by atoms with Gasteiger partial charge in [0.1, 0.15) is 16.5 Å². The van der Waals surface area contributed by atoms with Crippen LogP contribution in [0.2, 0.25) is 5.02 Å². The third-order valence-electron chi connectivity index (χ3n) is 3.07. The molecule has 0 aliphatic heterocycles. The lowest BCUT2D eigenvalue weighted by Crippen LogP contribution is -2.11. The molecule has 1 atom stereocenters. The zero-order chi connectivity index (χ0) is 15.1. The summed E-state index contributed by atoms with van der Waals surface area (Å²) in [7, 11) is 0. The lowest BCUT2D eigenvalue weighted by molar-refractivity contribution is 0.628. The first kappa shape index (κ1) is 14.5. The van der Waals surface area contributed by atoms with E-state index < -0.39 is 5.82 Å². The SMILES string of the molecule is CC(Cl)c1nc2scc(-c3ccc(F)c(Cl)c3)c2c(=O)[nH]1. The number of fused-ring (bicyclic) bond motifs is 1. The highest BCUT2D eigenvalue weighted by Gasteiger charge is 2.15. The van der Waals surface area contributed by atoms with Crippen molar-refractivity contribution in [1.29, 1.82) is 0 Å². The predicted octanol–water partition coefficient (Wildman–Crippen LogP) is 4.74. The van der Waals surface area contributed by atoms with Crippen LogP contribution in [-0.4, -0.2) is 9.97 Å². The number of alkyl halides is 1. The number of halogens is 3. The van der Waals surface area contributed by atoms with Gasteiger partial charge in [0.05, 0.1) is 15.8 Å². The normalized spacial score (nSPS) is 12.8. The number of hydrogen-bond donors (Lipinski definition) is 1. The second-order valence-corrected chi connectivity index (χ2v) is 6.45. The van der Waals surface area contributed by atoms with Gasteiger partial charge in [-0.25, -0.2) is 9.37 Å². The predicted molar refractivity (Wildman–Crippen MR) is 84.9 cm³/mol. The van der Waals surface area contributed by atoms with Crippen molar-refractivity contribution in [2.24, 2.45) is 0 Å². The Kier molecular flexibility index (Phi) is 3.73. The minimum absolute atomic E-state index is 0.0160. The van der Waals surface area contributed by atoms with Gasteiger partial charge in [-0.15, -0.1) is 22.9 Å². The average molecular weight is 343 g/mol. The smallest absolute Gasteiger partial charge is 0.260 e. The van der Waals surface area contributed by atoms with Crippen molar-refractivity contribution < 1.29 is 4.39 Å². The molecule has 2 aromatic heterocycles. The minimum Gasteiger partial charge on any atom is -0.309 e. The van der Waals surface area contributed by atoms with Crippen LogP contribution in [0.4, 0.5) is 4.39 Å². The van der Waals surface area contributed by atoms with Crippen molar-refractivity contribution in [1.82, 2.24) is 9.97 Å². The lowest BCUT2D eigenvalue weighted by atomic mass is 10.1. The number of thiophene rings is 1. The maximum absolute atomic E-state index is 13.3. The number of nitrogens with one attached hydrogen (secondary N) is 1. The molecule has 0 fully saturated rings. The molecule has 2 heterocycles. The van der Waals surface area contributed by atoms with Crippen molar-refractivity contribution >= 4 is 44.8 Å². The molecule has 3 nitrogen and oxygen atoms in total. The first-order chi connectivity index (χ1) is 9.97. The molecule has 3 rings (SSSR count). The van der Waals surface area contributed by atoms with Crippen LogP contribution in [0.1, 0.15) is 18.1 Å². The van der Waals surface area contributed by atoms with Gasteiger partial charge >= 0.3 is 0 Å². The Hall–Kier alpha value is -1.43. The van der Waals surface area contributed by atoms with E-state index in [0.29, 0.717) is 27.2 Å². The van der Waals surface area contributed by atoms with Crippen molar-refractivity contribution in [3.05, 3.63) is 50.6 Å². The molecule has 0 aliphatic rings. The molecular weight excluding hydrogens is 334 g/mol. The molecule has 1 unspecified atom stereocenters. The molecule has 0 amide bonds. The Morgan fingerprint density at radius 2 is 2.19 bits per heavy atom. The Balaban J connectivity index is 2.25. The zero-order valence-corrected chi connectivity index (χ0v) is 13.1. The van der Waals surface area contributed by atoms with Crippen molar-refractivity contribution in [2.45, 2.75) is 12.3 Å². The van der Waals surface area contributed by atoms with Crippen molar-refractivity contribution in [3.63, 3.8) is 0 Å². The van der Waals surface area contributed by atoms with Gasteiger partial charge in [-0.1, -0.05) is 17.7 Å². The van der Waals surface area contributed by atoms with Gasteiger partial charge in [0.2, 0.25) is 0 Å². The zero-order valence-electron chi connectivity index (χ0n) is 10.8. The molecule has 0 saturated heterocycles. The molecule has 108 valence electrons. The third-order valence-corrected chi connectivity index (χ3v) is 4.44. The summed E-state index contributed by atoms with van der Waals surface area (Å²) >= 11 is 13.1. The van der Waals surface area contributed by atoms with E-state index in [1.54, 1.807) is 18.4 Å². The van der Waals surface area contributed by atoms with Gasteiger partial charge in [-0.3, -0.25) is 4.79 Å². The summed E-state index contributed by atoms with van der Waals surface area (Å²) in [6.45, 7) is 1.74. The Morgan fingerprint density at radius 1 is 1.43 bits per heavy atom. The average Bonchev–Trinajstić information content (AvgIpc) is 2.86. The highest BCUT2D eigenvalue weighted by atomic mass is 35.5. The van der Waals surface area contributed by atoms with E-state index in [0.717, 1.165) is 0 Å². The maximum atomic E-state index is 13.3. The standard InChI is InChI=1S/C14H9Cl2FN2OS/c1-6(15)12-18-13(20)11-8(5-21-14(11)19-12)7-2-3-10(17)9(16)4-7/h2-6H,1H3,(H,18,19,20). The van der Waals surface area contributed by atoms with E-state index in [9.17, 15) is 9.18 Å². The molecule has 3 aromatic rings. The van der Waals surface area contributed by atoms with Gasteiger partial charge in [-0.05, 0) is 24.6 Å². The molecule has 0 spiro atoms. The molecule has 0 bridgehead atoms.